The Bertz CT molecular complexity index is 360. The van der Waals surface area contributed by atoms with Crippen LogP contribution in [0.1, 0.15) is 37.4 Å². The van der Waals surface area contributed by atoms with Crippen LogP contribution in [0.3, 0.4) is 0 Å². The van der Waals surface area contributed by atoms with Gasteiger partial charge in [0.25, 0.3) is 0 Å². The highest BCUT2D eigenvalue weighted by Gasteiger charge is 2.36. The summed E-state index contributed by atoms with van der Waals surface area (Å²) in [4.78, 5) is 6.89. The monoisotopic (exact) mass is 220 g/mol. The molecule has 2 fully saturated rings. The maximum Gasteiger partial charge on any atom is 0.0951 e. The molecule has 3 rings (SSSR count). The fraction of sp³-hybridized carbons (Fsp3) is 0.750. The Balaban J connectivity index is 1.84. The van der Waals surface area contributed by atoms with Gasteiger partial charge >= 0.3 is 0 Å². The van der Waals surface area contributed by atoms with Crippen molar-refractivity contribution in [2.75, 3.05) is 13.1 Å². The maximum atomic E-state index is 5.76. The Morgan fingerprint density at radius 2 is 2.19 bits per heavy atom. The van der Waals surface area contributed by atoms with Crippen LogP contribution in [0, 0.1) is 0 Å². The summed E-state index contributed by atoms with van der Waals surface area (Å²) in [5.41, 5.74) is 6.93. The summed E-state index contributed by atoms with van der Waals surface area (Å²) < 4.78 is 2.32. The molecule has 0 aromatic carbocycles. The lowest BCUT2D eigenvalue weighted by atomic mass is 9.99. The van der Waals surface area contributed by atoms with Crippen molar-refractivity contribution < 1.29 is 0 Å². The Labute approximate surface area is 96.4 Å². The second-order valence-electron chi connectivity index (χ2n) is 4.95. The molecule has 2 aliphatic heterocycles. The average molecular weight is 220 g/mol. The number of fused-ring (bicyclic) bond motifs is 1. The Kier molecular flexibility index (Phi) is 2.69. The third-order valence-corrected chi connectivity index (χ3v) is 4.13. The van der Waals surface area contributed by atoms with E-state index < -0.39 is 0 Å². The molecule has 0 amide bonds. The Hall–Kier alpha value is -0.870. The first-order valence-electron chi connectivity index (χ1n) is 6.35. The zero-order chi connectivity index (χ0) is 11.0. The van der Waals surface area contributed by atoms with Gasteiger partial charge in [-0.15, -0.1) is 0 Å². The molecule has 0 aliphatic carbocycles. The highest BCUT2D eigenvalue weighted by molar-refractivity contribution is 5.04. The molecule has 1 aromatic rings. The van der Waals surface area contributed by atoms with Crippen molar-refractivity contribution in [3.8, 4) is 0 Å². The highest BCUT2D eigenvalue weighted by Crippen LogP contribution is 2.35. The van der Waals surface area contributed by atoms with Crippen molar-refractivity contribution in [2.45, 2.75) is 44.3 Å². The smallest absolute Gasteiger partial charge is 0.0951 e. The van der Waals surface area contributed by atoms with Crippen LogP contribution in [0.15, 0.2) is 12.5 Å². The van der Waals surface area contributed by atoms with Gasteiger partial charge in [0.15, 0.2) is 0 Å². The maximum absolute atomic E-state index is 5.76. The van der Waals surface area contributed by atoms with E-state index in [4.69, 9.17) is 5.73 Å². The summed E-state index contributed by atoms with van der Waals surface area (Å²) in [6.07, 6.45) is 9.22. The molecule has 0 radical (unpaired) electrons. The number of aromatic nitrogens is 2. The van der Waals surface area contributed by atoms with Crippen LogP contribution in [0.2, 0.25) is 0 Å². The van der Waals surface area contributed by atoms with E-state index in [0.29, 0.717) is 12.6 Å². The lowest BCUT2D eigenvalue weighted by molar-refractivity contribution is 0.172. The number of nitrogens with zero attached hydrogens (tertiary/aromatic N) is 3. The summed E-state index contributed by atoms with van der Waals surface area (Å²) in [5.74, 6) is 0. The molecule has 2 aliphatic rings. The molecular weight excluding hydrogens is 200 g/mol. The summed E-state index contributed by atoms with van der Waals surface area (Å²) in [7, 11) is 0. The molecule has 0 spiro atoms. The zero-order valence-electron chi connectivity index (χ0n) is 9.68. The van der Waals surface area contributed by atoms with Gasteiger partial charge in [0.1, 0.15) is 0 Å². The van der Waals surface area contributed by atoms with Crippen molar-refractivity contribution in [2.24, 2.45) is 5.73 Å². The molecule has 4 nitrogen and oxygen atoms in total. The molecule has 16 heavy (non-hydrogen) atoms. The Morgan fingerprint density at radius 1 is 1.25 bits per heavy atom. The summed E-state index contributed by atoms with van der Waals surface area (Å²) in [5, 5.41) is 0. The van der Waals surface area contributed by atoms with Crippen molar-refractivity contribution in [3.63, 3.8) is 0 Å². The van der Waals surface area contributed by atoms with Crippen molar-refractivity contribution in [1.29, 1.82) is 0 Å². The number of piperidine rings is 1. The number of hydrogen-bond acceptors (Lipinski definition) is 3. The SMILES string of the molecule is NCc1cncn1C1CCN2CCCCC12. The largest absolute Gasteiger partial charge is 0.329 e. The number of rotatable bonds is 2. The van der Waals surface area contributed by atoms with Crippen LogP contribution >= 0.6 is 0 Å². The second-order valence-corrected chi connectivity index (χ2v) is 4.95. The van der Waals surface area contributed by atoms with E-state index in [-0.39, 0.29) is 0 Å². The van der Waals surface area contributed by atoms with Crippen molar-refractivity contribution >= 4 is 0 Å². The van der Waals surface area contributed by atoms with Gasteiger partial charge in [-0.1, -0.05) is 6.42 Å². The van der Waals surface area contributed by atoms with Gasteiger partial charge in [0.05, 0.1) is 18.1 Å². The van der Waals surface area contributed by atoms with Crippen LogP contribution in [0.4, 0.5) is 0 Å². The van der Waals surface area contributed by atoms with E-state index in [1.807, 2.05) is 12.5 Å². The van der Waals surface area contributed by atoms with Crippen LogP contribution in [0.25, 0.3) is 0 Å². The third kappa shape index (κ3) is 1.57. The predicted octanol–water partition coefficient (Wildman–Crippen LogP) is 1.14. The first-order chi connectivity index (χ1) is 7.90. The third-order valence-electron chi connectivity index (χ3n) is 4.13. The minimum atomic E-state index is 0.600. The van der Waals surface area contributed by atoms with Crippen LogP contribution in [-0.2, 0) is 6.54 Å². The molecule has 4 heteroatoms. The summed E-state index contributed by atoms with van der Waals surface area (Å²) in [6, 6.07) is 1.34. The van der Waals surface area contributed by atoms with Gasteiger partial charge in [-0.2, -0.15) is 0 Å². The minimum absolute atomic E-state index is 0.600. The highest BCUT2D eigenvalue weighted by atomic mass is 15.3. The first kappa shape index (κ1) is 10.3. The van der Waals surface area contributed by atoms with Gasteiger partial charge in [-0.25, -0.2) is 4.98 Å². The molecule has 88 valence electrons. The predicted molar refractivity (Wildman–Crippen MR) is 63.0 cm³/mol. The zero-order valence-corrected chi connectivity index (χ0v) is 9.68. The molecule has 2 N–H and O–H groups in total. The van der Waals surface area contributed by atoms with E-state index in [0.717, 1.165) is 6.04 Å². The number of imidazole rings is 1. The average Bonchev–Trinajstić information content (AvgIpc) is 2.94. The number of hydrogen-bond donors (Lipinski definition) is 1. The van der Waals surface area contributed by atoms with E-state index in [1.165, 1.54) is 44.5 Å². The number of nitrogens with two attached hydrogens (primary N) is 1. The fourth-order valence-corrected chi connectivity index (χ4v) is 3.33. The molecule has 0 saturated carbocycles. The van der Waals surface area contributed by atoms with Crippen LogP contribution < -0.4 is 5.73 Å². The standard InChI is InChI=1S/C12H20N4/c13-7-10-8-14-9-16(10)12-4-6-15-5-2-1-3-11(12)15/h8-9,11-12H,1-7,13H2. The summed E-state index contributed by atoms with van der Waals surface area (Å²) in [6.45, 7) is 3.13. The lowest BCUT2D eigenvalue weighted by Gasteiger charge is -2.33. The van der Waals surface area contributed by atoms with Gasteiger partial charge < -0.3 is 10.3 Å². The van der Waals surface area contributed by atoms with E-state index >= 15 is 0 Å². The molecule has 2 saturated heterocycles. The quantitative estimate of drug-likeness (QED) is 0.813. The minimum Gasteiger partial charge on any atom is -0.329 e. The molecule has 1 aromatic heterocycles. The topological polar surface area (TPSA) is 47.1 Å². The van der Waals surface area contributed by atoms with Gasteiger partial charge in [0, 0.05) is 25.3 Å². The Morgan fingerprint density at radius 3 is 3.06 bits per heavy atom. The fourth-order valence-electron chi connectivity index (χ4n) is 3.33. The molecule has 3 heterocycles. The van der Waals surface area contributed by atoms with Crippen LogP contribution in [0.5, 0.6) is 0 Å². The lowest BCUT2D eigenvalue weighted by Crippen LogP contribution is -2.38. The molecular formula is C12H20N4. The second kappa shape index (κ2) is 4.18. The van der Waals surface area contributed by atoms with E-state index in [9.17, 15) is 0 Å². The molecule has 2 unspecified atom stereocenters. The van der Waals surface area contributed by atoms with E-state index in [1.54, 1.807) is 0 Å². The van der Waals surface area contributed by atoms with Gasteiger partial charge in [-0.05, 0) is 25.8 Å². The molecule has 0 bridgehead atoms. The summed E-state index contributed by atoms with van der Waals surface area (Å²) >= 11 is 0. The van der Waals surface area contributed by atoms with Crippen molar-refractivity contribution in [1.82, 2.24) is 14.5 Å². The van der Waals surface area contributed by atoms with Crippen molar-refractivity contribution in [3.05, 3.63) is 18.2 Å². The first-order valence-corrected chi connectivity index (χ1v) is 6.35. The molecule has 2 atom stereocenters. The van der Waals surface area contributed by atoms with Crippen LogP contribution in [-0.4, -0.2) is 33.6 Å². The van der Waals surface area contributed by atoms with E-state index in [2.05, 4.69) is 14.5 Å². The van der Waals surface area contributed by atoms with Gasteiger partial charge in [-0.3, -0.25) is 4.90 Å². The normalized spacial score (nSPS) is 30.6. The van der Waals surface area contributed by atoms with Gasteiger partial charge in [0.2, 0.25) is 0 Å².